The zero-order chi connectivity index (χ0) is 23.2. The first-order valence-electron chi connectivity index (χ1n) is 10.6. The fourth-order valence-electron chi connectivity index (χ4n) is 4.34. The smallest absolute Gasteiger partial charge is 0.233 e. The van der Waals surface area contributed by atoms with Crippen LogP contribution in [0.4, 0.5) is 0 Å². The number of hydrogen-bond acceptors (Lipinski definition) is 5. The molecule has 164 valence electrons. The first kappa shape index (κ1) is 20.6. The molecule has 1 fully saturated rings. The lowest BCUT2D eigenvalue weighted by Crippen LogP contribution is -2.38. The molecule has 1 aliphatic rings. The molecule has 7 nitrogen and oxygen atoms in total. The van der Waals surface area contributed by atoms with Crippen molar-refractivity contribution in [2.75, 3.05) is 0 Å². The molecule has 1 aliphatic carbocycles. The number of nitrogens with zero attached hydrogens (tertiary/aromatic N) is 2. The van der Waals surface area contributed by atoms with E-state index in [2.05, 4.69) is 9.97 Å². The molecule has 0 radical (unpaired) electrons. The molecule has 2 aromatic carbocycles. The van der Waals surface area contributed by atoms with Crippen LogP contribution in [0.25, 0.3) is 22.0 Å². The molecule has 1 unspecified atom stereocenters. The Balaban J connectivity index is 1.39. The minimum atomic E-state index is -1.28. The highest BCUT2D eigenvalue weighted by Crippen LogP contribution is 2.59. The predicted molar refractivity (Wildman–Crippen MR) is 124 cm³/mol. The Morgan fingerprint density at radius 2 is 1.61 bits per heavy atom. The summed E-state index contributed by atoms with van der Waals surface area (Å²) in [6.45, 7) is 1.96. The summed E-state index contributed by atoms with van der Waals surface area (Å²) in [7, 11) is 0. The number of benzene rings is 2. The summed E-state index contributed by atoms with van der Waals surface area (Å²) in [5.41, 5.74) is 14.3. The summed E-state index contributed by atoms with van der Waals surface area (Å²) < 4.78 is 6.13. The lowest BCUT2D eigenvalue weighted by Gasteiger charge is -2.12. The van der Waals surface area contributed by atoms with Crippen LogP contribution in [0, 0.1) is 12.3 Å². The molecule has 2 heterocycles. The number of pyridine rings is 2. The van der Waals surface area contributed by atoms with Gasteiger partial charge >= 0.3 is 0 Å². The van der Waals surface area contributed by atoms with Gasteiger partial charge in [-0.15, -0.1) is 0 Å². The first-order chi connectivity index (χ1) is 15.9. The number of primary amides is 2. The SMILES string of the molecule is Cc1cc(-c2ccc3c(Oc4ccc(C5CC5(C(N)=O)C(N)=O)cc4)ccnc3c2)ccn1. The number of rotatable bonds is 6. The fraction of sp³-hybridized carbons (Fsp3) is 0.154. The molecule has 0 bridgehead atoms. The van der Waals surface area contributed by atoms with E-state index in [0.29, 0.717) is 17.9 Å². The Hall–Kier alpha value is -4.26. The van der Waals surface area contributed by atoms with E-state index in [-0.39, 0.29) is 5.92 Å². The molecule has 2 aromatic heterocycles. The van der Waals surface area contributed by atoms with Gasteiger partial charge in [-0.3, -0.25) is 19.6 Å². The van der Waals surface area contributed by atoms with Crippen LogP contribution in [0.2, 0.25) is 0 Å². The number of amides is 2. The largest absolute Gasteiger partial charge is 0.457 e. The molecule has 0 spiro atoms. The Kier molecular flexibility index (Phi) is 4.82. The Morgan fingerprint density at radius 1 is 0.909 bits per heavy atom. The maximum atomic E-state index is 11.8. The highest BCUT2D eigenvalue weighted by molar-refractivity contribution is 6.08. The summed E-state index contributed by atoms with van der Waals surface area (Å²) in [6, 6.07) is 19.2. The molecule has 4 aromatic rings. The second-order valence-electron chi connectivity index (χ2n) is 8.35. The number of aromatic nitrogens is 2. The topological polar surface area (TPSA) is 121 Å². The van der Waals surface area contributed by atoms with Crippen molar-refractivity contribution in [2.24, 2.45) is 16.9 Å². The summed E-state index contributed by atoms with van der Waals surface area (Å²) >= 11 is 0. The maximum Gasteiger partial charge on any atom is 0.233 e. The second kappa shape index (κ2) is 7.70. The van der Waals surface area contributed by atoms with E-state index in [9.17, 15) is 9.59 Å². The van der Waals surface area contributed by atoms with Gasteiger partial charge in [-0.25, -0.2) is 0 Å². The van der Waals surface area contributed by atoms with Gasteiger partial charge in [0.15, 0.2) is 0 Å². The first-order valence-corrected chi connectivity index (χ1v) is 10.6. The van der Waals surface area contributed by atoms with Gasteiger partial charge in [0.2, 0.25) is 11.8 Å². The van der Waals surface area contributed by atoms with E-state index in [0.717, 1.165) is 33.3 Å². The van der Waals surface area contributed by atoms with Crippen molar-refractivity contribution in [3.63, 3.8) is 0 Å². The van der Waals surface area contributed by atoms with Crippen molar-refractivity contribution in [3.05, 3.63) is 84.3 Å². The number of carbonyl (C=O) groups excluding carboxylic acids is 2. The van der Waals surface area contributed by atoms with E-state index in [1.807, 2.05) is 55.5 Å². The summed E-state index contributed by atoms with van der Waals surface area (Å²) in [6.07, 6.45) is 3.85. The van der Waals surface area contributed by atoms with Crippen molar-refractivity contribution >= 4 is 22.7 Å². The normalized spacial score (nSPS) is 16.3. The second-order valence-corrected chi connectivity index (χ2v) is 8.35. The third-order valence-corrected chi connectivity index (χ3v) is 6.28. The molecule has 7 heteroatoms. The van der Waals surface area contributed by atoms with Gasteiger partial charge < -0.3 is 16.2 Å². The number of fused-ring (bicyclic) bond motifs is 1. The predicted octanol–water partition coefficient (Wildman–Crippen LogP) is 3.84. The van der Waals surface area contributed by atoms with Crippen molar-refractivity contribution < 1.29 is 14.3 Å². The molecule has 0 aliphatic heterocycles. The summed E-state index contributed by atoms with van der Waals surface area (Å²) in [5.74, 6) is -0.335. The third-order valence-electron chi connectivity index (χ3n) is 6.28. The monoisotopic (exact) mass is 438 g/mol. The average Bonchev–Trinajstić information content (AvgIpc) is 3.57. The van der Waals surface area contributed by atoms with Gasteiger partial charge in [0, 0.05) is 29.4 Å². The van der Waals surface area contributed by atoms with E-state index in [1.54, 1.807) is 24.5 Å². The van der Waals surface area contributed by atoms with Crippen molar-refractivity contribution in [2.45, 2.75) is 19.3 Å². The molecule has 1 atom stereocenters. The van der Waals surface area contributed by atoms with E-state index in [1.165, 1.54) is 0 Å². The Morgan fingerprint density at radius 3 is 2.27 bits per heavy atom. The number of aryl methyl sites for hydroxylation is 1. The third kappa shape index (κ3) is 3.57. The van der Waals surface area contributed by atoms with E-state index < -0.39 is 17.2 Å². The Labute approximate surface area is 190 Å². The van der Waals surface area contributed by atoms with Gasteiger partial charge in [-0.05, 0) is 72.5 Å². The van der Waals surface area contributed by atoms with Crippen molar-refractivity contribution in [3.8, 4) is 22.6 Å². The molecule has 33 heavy (non-hydrogen) atoms. The maximum absolute atomic E-state index is 11.8. The zero-order valence-electron chi connectivity index (χ0n) is 18.0. The zero-order valence-corrected chi connectivity index (χ0v) is 18.0. The minimum absolute atomic E-state index is 0.293. The Bertz CT molecular complexity index is 1380. The van der Waals surface area contributed by atoms with Crippen LogP contribution < -0.4 is 16.2 Å². The number of nitrogens with two attached hydrogens (primary N) is 2. The molecule has 1 saturated carbocycles. The minimum Gasteiger partial charge on any atom is -0.457 e. The van der Waals surface area contributed by atoms with Crippen molar-refractivity contribution in [1.82, 2.24) is 9.97 Å². The van der Waals surface area contributed by atoms with Gasteiger partial charge in [-0.2, -0.15) is 0 Å². The summed E-state index contributed by atoms with van der Waals surface area (Å²) in [5, 5.41) is 0.889. The lowest BCUT2D eigenvalue weighted by atomic mass is 9.97. The van der Waals surface area contributed by atoms with Crippen LogP contribution in [0.5, 0.6) is 11.5 Å². The molecule has 5 rings (SSSR count). The average molecular weight is 438 g/mol. The summed E-state index contributed by atoms with van der Waals surface area (Å²) in [4.78, 5) is 32.3. The van der Waals surface area contributed by atoms with Crippen LogP contribution >= 0.6 is 0 Å². The van der Waals surface area contributed by atoms with Gasteiger partial charge in [0.05, 0.1) is 5.52 Å². The fourth-order valence-corrected chi connectivity index (χ4v) is 4.34. The van der Waals surface area contributed by atoms with Crippen LogP contribution in [0.3, 0.4) is 0 Å². The van der Waals surface area contributed by atoms with Gasteiger partial charge in [-0.1, -0.05) is 18.2 Å². The van der Waals surface area contributed by atoms with Crippen LogP contribution in [0.1, 0.15) is 23.6 Å². The number of carbonyl (C=O) groups is 2. The molecule has 0 saturated heterocycles. The standard InChI is InChI=1S/C26H22N4O3/c1-15-12-18(8-10-29-15)17-4-7-20-22(13-17)30-11-9-23(20)33-19-5-2-16(3-6-19)21-14-26(21,24(27)31)25(28)32/h2-13,21H,14H2,1H3,(H2,27,31)(H2,28,32). The molecular formula is C26H22N4O3. The van der Waals surface area contributed by atoms with Crippen LogP contribution in [0.15, 0.2) is 73.1 Å². The lowest BCUT2D eigenvalue weighted by molar-refractivity contribution is -0.133. The number of hydrogen-bond donors (Lipinski definition) is 2. The molecule has 2 amide bonds. The van der Waals surface area contributed by atoms with Crippen molar-refractivity contribution in [1.29, 1.82) is 0 Å². The number of ether oxygens (including phenoxy) is 1. The quantitative estimate of drug-likeness (QED) is 0.443. The molecule has 4 N–H and O–H groups in total. The van der Waals surface area contributed by atoms with E-state index >= 15 is 0 Å². The van der Waals surface area contributed by atoms with Crippen LogP contribution in [-0.2, 0) is 9.59 Å². The highest BCUT2D eigenvalue weighted by atomic mass is 16.5. The molecular weight excluding hydrogens is 416 g/mol. The van der Waals surface area contributed by atoms with E-state index in [4.69, 9.17) is 16.2 Å². The van der Waals surface area contributed by atoms with Crippen LogP contribution in [-0.4, -0.2) is 21.8 Å². The highest BCUT2D eigenvalue weighted by Gasteiger charge is 2.64. The van der Waals surface area contributed by atoms with Gasteiger partial charge in [0.25, 0.3) is 0 Å². The van der Waals surface area contributed by atoms with Gasteiger partial charge in [0.1, 0.15) is 16.9 Å².